The lowest BCUT2D eigenvalue weighted by molar-refractivity contribution is 0.00677. The third kappa shape index (κ3) is 6.84. The largest absolute Gasteiger partial charge is 0.490 e. The number of benzene rings is 1. The minimum Gasteiger partial charge on any atom is -0.490 e. The maximum atomic E-state index is 6.34. The number of pyridine rings is 1. The van der Waals surface area contributed by atoms with Crippen LogP contribution in [0, 0.1) is 5.41 Å². The monoisotopic (exact) mass is 459 g/mol. The zero-order valence-electron chi connectivity index (χ0n) is 19.6. The Morgan fingerprint density at radius 2 is 2.06 bits per heavy atom. The molecule has 1 aromatic heterocycles. The van der Waals surface area contributed by atoms with E-state index in [0.29, 0.717) is 5.02 Å². The molecule has 3 atom stereocenters. The van der Waals surface area contributed by atoms with Crippen LogP contribution < -0.4 is 10.5 Å². The van der Waals surface area contributed by atoms with Gasteiger partial charge in [0.05, 0.1) is 30.9 Å². The third-order valence-electron chi connectivity index (χ3n) is 5.38. The zero-order chi connectivity index (χ0) is 23.3. The highest BCUT2D eigenvalue weighted by Gasteiger charge is 2.29. The molecule has 0 radical (unpaired) electrons. The third-order valence-corrected chi connectivity index (χ3v) is 5.58. The van der Waals surface area contributed by atoms with E-state index in [4.69, 9.17) is 31.5 Å². The number of rotatable bonds is 7. The van der Waals surface area contributed by atoms with Crippen molar-refractivity contribution in [2.75, 3.05) is 13.7 Å². The first kappa shape index (κ1) is 24.3. The molecule has 1 aliphatic rings. The van der Waals surface area contributed by atoms with Gasteiger partial charge in [0.15, 0.2) is 0 Å². The van der Waals surface area contributed by atoms with Crippen LogP contribution in [0.3, 0.4) is 0 Å². The summed E-state index contributed by atoms with van der Waals surface area (Å²) < 4.78 is 17.5. The average Bonchev–Trinajstić information content (AvgIpc) is 2.75. The number of amidine groups is 1. The smallest absolute Gasteiger partial charge is 0.282 e. The number of hydrogen-bond donors (Lipinski definition) is 1. The van der Waals surface area contributed by atoms with Crippen LogP contribution in [-0.4, -0.2) is 36.9 Å². The van der Waals surface area contributed by atoms with Crippen LogP contribution in [0.15, 0.2) is 41.7 Å². The number of methoxy groups -OCH3 is 1. The lowest BCUT2D eigenvalue weighted by atomic mass is 9.92. The Balaban J connectivity index is 1.77. The molecule has 32 heavy (non-hydrogen) atoms. The van der Waals surface area contributed by atoms with Gasteiger partial charge in [0, 0.05) is 29.9 Å². The molecule has 0 spiro atoms. The van der Waals surface area contributed by atoms with Crippen molar-refractivity contribution in [3.05, 3.63) is 47.2 Å². The van der Waals surface area contributed by atoms with E-state index < -0.39 is 0 Å². The molecule has 0 bridgehead atoms. The van der Waals surface area contributed by atoms with E-state index in [1.54, 1.807) is 12.4 Å². The van der Waals surface area contributed by atoms with Crippen LogP contribution in [0.25, 0.3) is 11.1 Å². The number of hydrogen-bond acceptors (Lipinski definition) is 5. The van der Waals surface area contributed by atoms with Gasteiger partial charge in [-0.15, -0.1) is 0 Å². The molecule has 1 aromatic carbocycles. The van der Waals surface area contributed by atoms with Crippen molar-refractivity contribution in [3.8, 4) is 16.9 Å². The van der Waals surface area contributed by atoms with E-state index in [0.717, 1.165) is 48.3 Å². The summed E-state index contributed by atoms with van der Waals surface area (Å²) in [7, 11) is 1.53. The van der Waals surface area contributed by atoms with Crippen LogP contribution in [-0.2, 0) is 9.47 Å². The average molecular weight is 460 g/mol. The number of nitrogens with zero attached hydrogens (tertiary/aromatic N) is 2. The van der Waals surface area contributed by atoms with Gasteiger partial charge < -0.3 is 19.9 Å². The lowest BCUT2D eigenvalue weighted by Gasteiger charge is -2.31. The Kier molecular flexibility index (Phi) is 8.01. The molecule has 2 N–H and O–H groups in total. The van der Waals surface area contributed by atoms with Crippen molar-refractivity contribution >= 4 is 17.6 Å². The number of halogens is 1. The standard InChI is InChI=1S/C25H34ClN3O3/c1-16(31-15-25(2,3)4)6-8-20-12-22(29-24(27)30-5)21-11-17(7-9-23(21)32-20)18-10-19(26)14-28-13-18/h7,9-11,13-14,16,20,22H,6,8,12,15H2,1-5H3,(H2,27,29)/t16-,20-,22+/m0/s1. The van der Waals surface area contributed by atoms with Crippen LogP contribution in [0.4, 0.5) is 0 Å². The maximum absolute atomic E-state index is 6.34. The normalized spacial score (nSPS) is 19.8. The predicted molar refractivity (Wildman–Crippen MR) is 129 cm³/mol. The van der Waals surface area contributed by atoms with Gasteiger partial charge >= 0.3 is 0 Å². The lowest BCUT2D eigenvalue weighted by Crippen LogP contribution is -2.28. The second-order valence-corrected chi connectivity index (χ2v) is 10.0. The highest BCUT2D eigenvalue weighted by Crippen LogP contribution is 2.41. The SMILES string of the molecule is COC(N)=N[C@@H]1C[C@H](CC[C@H](C)OCC(C)(C)C)Oc2ccc(-c3cncc(Cl)c3)cc21. The molecule has 0 saturated carbocycles. The Morgan fingerprint density at radius 1 is 1.28 bits per heavy atom. The molecule has 1 aliphatic heterocycles. The molecule has 0 aliphatic carbocycles. The Labute approximate surface area is 196 Å². The highest BCUT2D eigenvalue weighted by molar-refractivity contribution is 6.30. The van der Waals surface area contributed by atoms with Crippen molar-refractivity contribution in [3.63, 3.8) is 0 Å². The van der Waals surface area contributed by atoms with Gasteiger partial charge in [-0.05, 0) is 48.9 Å². The molecule has 3 rings (SSSR count). The molecule has 0 amide bonds. The van der Waals surface area contributed by atoms with Crippen molar-refractivity contribution in [1.29, 1.82) is 0 Å². The maximum Gasteiger partial charge on any atom is 0.282 e. The number of nitrogens with two attached hydrogens (primary N) is 1. The van der Waals surface area contributed by atoms with Gasteiger partial charge in [-0.2, -0.15) is 0 Å². The quantitative estimate of drug-likeness (QED) is 0.419. The zero-order valence-corrected chi connectivity index (χ0v) is 20.4. The Morgan fingerprint density at radius 3 is 2.75 bits per heavy atom. The van der Waals surface area contributed by atoms with E-state index in [9.17, 15) is 0 Å². The van der Waals surface area contributed by atoms with Crippen LogP contribution in [0.1, 0.15) is 58.6 Å². The summed E-state index contributed by atoms with van der Waals surface area (Å²) in [5.74, 6) is 0.820. The second-order valence-electron chi connectivity index (χ2n) is 9.57. The summed E-state index contributed by atoms with van der Waals surface area (Å²) in [6.07, 6.45) is 6.13. The summed E-state index contributed by atoms with van der Waals surface area (Å²) in [6, 6.07) is 7.99. The molecule has 7 heteroatoms. The topological polar surface area (TPSA) is 79.0 Å². The van der Waals surface area contributed by atoms with Crippen molar-refractivity contribution in [2.24, 2.45) is 16.1 Å². The first-order chi connectivity index (χ1) is 15.1. The Bertz CT molecular complexity index is 942. The first-order valence-corrected chi connectivity index (χ1v) is 11.4. The fourth-order valence-electron chi connectivity index (χ4n) is 3.67. The highest BCUT2D eigenvalue weighted by atomic mass is 35.5. The summed E-state index contributed by atoms with van der Waals surface area (Å²) in [4.78, 5) is 8.81. The van der Waals surface area contributed by atoms with E-state index in [1.165, 1.54) is 7.11 Å². The van der Waals surface area contributed by atoms with E-state index >= 15 is 0 Å². The van der Waals surface area contributed by atoms with Crippen molar-refractivity contribution in [1.82, 2.24) is 4.98 Å². The fourth-order valence-corrected chi connectivity index (χ4v) is 3.84. The van der Waals surface area contributed by atoms with Crippen molar-refractivity contribution < 1.29 is 14.2 Å². The van der Waals surface area contributed by atoms with Gasteiger partial charge in [0.2, 0.25) is 0 Å². The minimum absolute atomic E-state index is 0.0280. The molecule has 0 unspecified atom stereocenters. The fraction of sp³-hybridized carbons (Fsp3) is 0.520. The number of ether oxygens (including phenoxy) is 3. The van der Waals surface area contributed by atoms with E-state index in [1.807, 2.05) is 18.2 Å². The summed E-state index contributed by atoms with van der Waals surface area (Å²) in [6.45, 7) is 9.39. The van der Waals surface area contributed by atoms with E-state index in [2.05, 4.69) is 43.7 Å². The van der Waals surface area contributed by atoms with Gasteiger partial charge in [-0.1, -0.05) is 38.4 Å². The van der Waals surface area contributed by atoms with E-state index in [-0.39, 0.29) is 29.7 Å². The van der Waals surface area contributed by atoms with Crippen LogP contribution in [0.2, 0.25) is 5.02 Å². The second kappa shape index (κ2) is 10.5. The van der Waals surface area contributed by atoms with Gasteiger partial charge in [-0.25, -0.2) is 4.99 Å². The first-order valence-electron chi connectivity index (χ1n) is 11.0. The molecular formula is C25H34ClN3O3. The molecule has 2 aromatic rings. The molecule has 0 fully saturated rings. The van der Waals surface area contributed by atoms with Crippen LogP contribution >= 0.6 is 11.6 Å². The number of fused-ring (bicyclic) bond motifs is 1. The predicted octanol–water partition coefficient (Wildman–Crippen LogP) is 5.79. The molecule has 2 heterocycles. The minimum atomic E-state index is -0.151. The number of aliphatic imine (C=N–C) groups is 1. The summed E-state index contributed by atoms with van der Waals surface area (Å²) in [5, 5.41) is 0.595. The van der Waals surface area contributed by atoms with Gasteiger partial charge in [-0.3, -0.25) is 4.98 Å². The molecule has 6 nitrogen and oxygen atoms in total. The molecule has 174 valence electrons. The summed E-state index contributed by atoms with van der Waals surface area (Å²) >= 11 is 6.13. The molecular weight excluding hydrogens is 426 g/mol. The van der Waals surface area contributed by atoms with Gasteiger partial charge in [0.25, 0.3) is 6.02 Å². The Hall–Kier alpha value is -2.31. The number of aromatic nitrogens is 1. The van der Waals surface area contributed by atoms with Crippen LogP contribution in [0.5, 0.6) is 5.75 Å². The van der Waals surface area contributed by atoms with Gasteiger partial charge in [0.1, 0.15) is 11.9 Å². The molecule has 0 saturated heterocycles. The summed E-state index contributed by atoms with van der Waals surface area (Å²) in [5.41, 5.74) is 9.00. The van der Waals surface area contributed by atoms with Crippen molar-refractivity contribution in [2.45, 2.75) is 65.2 Å².